The Hall–Kier alpha value is -1.25. The topological polar surface area (TPSA) is 9.23 Å². The molecular formula is C27H42OS. The lowest BCUT2D eigenvalue weighted by Crippen LogP contribution is -2.18. The van der Waals surface area contributed by atoms with Crippen LogP contribution in [0.4, 0.5) is 0 Å². The molecule has 0 bridgehead atoms. The van der Waals surface area contributed by atoms with Crippen molar-refractivity contribution in [3.8, 4) is 0 Å². The number of hydrogen-bond acceptors (Lipinski definition) is 2. The Morgan fingerprint density at radius 2 is 1.34 bits per heavy atom. The summed E-state index contributed by atoms with van der Waals surface area (Å²) in [6.07, 6.45) is 6.26. The molecule has 0 amide bonds. The van der Waals surface area contributed by atoms with E-state index in [1.54, 1.807) is 0 Å². The SMILES string of the molecule is CC(C)CCC(C)CC(C)C(S)OCc1ccccc1.CCCc1ccccc1. The molecule has 0 aliphatic heterocycles. The standard InChI is InChI=1S/C18H30OS.C9H12/c1-14(2)10-11-15(3)12-16(4)18(20)19-13-17-8-6-5-7-9-17;1-2-6-9-7-4-3-5-8-9/h5-9,14-16,18,20H,10-13H2,1-4H3;3-5,7-8H,2,6H2,1H3. The highest BCUT2D eigenvalue weighted by Gasteiger charge is 2.17. The van der Waals surface area contributed by atoms with Crippen LogP contribution in [-0.4, -0.2) is 5.44 Å². The molecular weight excluding hydrogens is 372 g/mol. The monoisotopic (exact) mass is 414 g/mol. The third-order valence-electron chi connectivity index (χ3n) is 5.14. The molecule has 0 saturated heterocycles. The van der Waals surface area contributed by atoms with Crippen molar-refractivity contribution in [2.24, 2.45) is 17.8 Å². The fourth-order valence-electron chi connectivity index (χ4n) is 3.34. The van der Waals surface area contributed by atoms with Crippen LogP contribution in [0.1, 0.15) is 71.4 Å². The fraction of sp³-hybridized carbons (Fsp3) is 0.556. The average Bonchev–Trinajstić information content (AvgIpc) is 2.72. The lowest BCUT2D eigenvalue weighted by Gasteiger charge is -2.23. The lowest BCUT2D eigenvalue weighted by molar-refractivity contribution is 0.0598. The van der Waals surface area contributed by atoms with E-state index in [0.29, 0.717) is 12.5 Å². The van der Waals surface area contributed by atoms with Gasteiger partial charge in [-0.1, -0.05) is 115 Å². The van der Waals surface area contributed by atoms with Crippen molar-refractivity contribution in [1.29, 1.82) is 0 Å². The smallest absolute Gasteiger partial charge is 0.103 e. The summed E-state index contributed by atoms with van der Waals surface area (Å²) in [6, 6.07) is 20.9. The molecule has 2 rings (SSSR count). The predicted octanol–water partition coefficient (Wildman–Crippen LogP) is 8.20. The summed E-state index contributed by atoms with van der Waals surface area (Å²) < 4.78 is 5.88. The molecule has 0 aliphatic rings. The third-order valence-corrected chi connectivity index (χ3v) is 5.80. The van der Waals surface area contributed by atoms with Crippen LogP contribution in [0.25, 0.3) is 0 Å². The number of rotatable bonds is 11. The Morgan fingerprint density at radius 1 is 0.793 bits per heavy atom. The average molecular weight is 415 g/mol. The van der Waals surface area contributed by atoms with Crippen molar-refractivity contribution in [2.75, 3.05) is 0 Å². The first-order chi connectivity index (χ1) is 13.9. The van der Waals surface area contributed by atoms with Gasteiger partial charge >= 0.3 is 0 Å². The van der Waals surface area contributed by atoms with Gasteiger partial charge in [0.1, 0.15) is 5.44 Å². The molecule has 1 nitrogen and oxygen atoms in total. The van der Waals surface area contributed by atoms with Gasteiger partial charge in [-0.25, -0.2) is 0 Å². The molecule has 0 fully saturated rings. The number of ether oxygens (including phenoxy) is 1. The molecule has 2 heteroatoms. The summed E-state index contributed by atoms with van der Waals surface area (Å²) in [7, 11) is 0. The molecule has 0 saturated carbocycles. The van der Waals surface area contributed by atoms with Gasteiger partial charge in [-0.05, 0) is 41.7 Å². The number of benzene rings is 2. The van der Waals surface area contributed by atoms with Crippen LogP contribution in [0.5, 0.6) is 0 Å². The molecule has 3 unspecified atom stereocenters. The van der Waals surface area contributed by atoms with Crippen molar-refractivity contribution in [3.05, 3.63) is 71.8 Å². The van der Waals surface area contributed by atoms with Gasteiger partial charge in [0.05, 0.1) is 6.61 Å². The maximum Gasteiger partial charge on any atom is 0.103 e. The third kappa shape index (κ3) is 12.8. The molecule has 0 heterocycles. The maximum absolute atomic E-state index is 5.88. The van der Waals surface area contributed by atoms with Crippen LogP contribution in [0.3, 0.4) is 0 Å². The van der Waals surface area contributed by atoms with Crippen LogP contribution in [0.2, 0.25) is 0 Å². The second-order valence-electron chi connectivity index (χ2n) is 8.71. The minimum absolute atomic E-state index is 0.0247. The van der Waals surface area contributed by atoms with Crippen LogP contribution in [-0.2, 0) is 17.8 Å². The summed E-state index contributed by atoms with van der Waals surface area (Å²) in [5, 5.41) is 0. The van der Waals surface area contributed by atoms with E-state index < -0.39 is 0 Å². The molecule has 0 aromatic heterocycles. The van der Waals surface area contributed by atoms with E-state index in [1.807, 2.05) is 18.2 Å². The molecule has 0 aliphatic carbocycles. The minimum atomic E-state index is 0.0247. The Morgan fingerprint density at radius 3 is 1.86 bits per heavy atom. The molecule has 3 atom stereocenters. The van der Waals surface area contributed by atoms with E-state index in [1.165, 1.54) is 43.2 Å². The molecule has 0 N–H and O–H groups in total. The van der Waals surface area contributed by atoms with E-state index in [9.17, 15) is 0 Å². The zero-order valence-corrected chi connectivity index (χ0v) is 20.1. The zero-order chi connectivity index (χ0) is 21.5. The predicted molar refractivity (Wildman–Crippen MR) is 131 cm³/mol. The van der Waals surface area contributed by atoms with Gasteiger partial charge in [-0.3, -0.25) is 0 Å². The first-order valence-electron chi connectivity index (χ1n) is 11.3. The second kappa shape index (κ2) is 15.6. The van der Waals surface area contributed by atoms with Crippen molar-refractivity contribution in [3.63, 3.8) is 0 Å². The first kappa shape index (κ1) is 25.8. The van der Waals surface area contributed by atoms with E-state index in [2.05, 4.69) is 89.7 Å². The highest BCUT2D eigenvalue weighted by Crippen LogP contribution is 2.24. The molecule has 162 valence electrons. The summed E-state index contributed by atoms with van der Waals surface area (Å²) in [6.45, 7) is 12.0. The van der Waals surface area contributed by atoms with Gasteiger partial charge in [0.15, 0.2) is 0 Å². The Labute approximate surface area is 185 Å². The van der Waals surface area contributed by atoms with E-state index >= 15 is 0 Å². The molecule has 29 heavy (non-hydrogen) atoms. The van der Waals surface area contributed by atoms with E-state index in [-0.39, 0.29) is 5.44 Å². The van der Waals surface area contributed by atoms with Gasteiger partial charge < -0.3 is 4.74 Å². The van der Waals surface area contributed by atoms with E-state index in [4.69, 9.17) is 4.74 Å². The quantitative estimate of drug-likeness (QED) is 0.288. The minimum Gasteiger partial charge on any atom is -0.363 e. The molecule has 2 aromatic rings. The normalized spacial score (nSPS) is 14.0. The van der Waals surface area contributed by atoms with Gasteiger partial charge in [0.2, 0.25) is 0 Å². The molecule has 0 radical (unpaired) electrons. The second-order valence-corrected chi connectivity index (χ2v) is 9.22. The van der Waals surface area contributed by atoms with Gasteiger partial charge in [0, 0.05) is 0 Å². The Bertz CT molecular complexity index is 611. The Balaban J connectivity index is 0.000000387. The summed E-state index contributed by atoms with van der Waals surface area (Å²) in [5.74, 6) is 2.04. The highest BCUT2D eigenvalue weighted by molar-refractivity contribution is 7.80. The fourth-order valence-corrected chi connectivity index (χ4v) is 3.54. The van der Waals surface area contributed by atoms with Crippen LogP contribution in [0, 0.1) is 17.8 Å². The first-order valence-corrected chi connectivity index (χ1v) is 11.8. The zero-order valence-electron chi connectivity index (χ0n) is 19.2. The van der Waals surface area contributed by atoms with E-state index in [0.717, 1.165) is 11.8 Å². The summed E-state index contributed by atoms with van der Waals surface area (Å²) in [4.78, 5) is 0. The Kier molecular flexibility index (Phi) is 13.8. The van der Waals surface area contributed by atoms with Crippen LogP contribution in [0.15, 0.2) is 60.7 Å². The van der Waals surface area contributed by atoms with Crippen LogP contribution < -0.4 is 0 Å². The lowest BCUT2D eigenvalue weighted by atomic mass is 9.91. The van der Waals surface area contributed by atoms with Crippen molar-refractivity contribution >= 4 is 12.6 Å². The van der Waals surface area contributed by atoms with Gasteiger partial charge in [0.25, 0.3) is 0 Å². The highest BCUT2D eigenvalue weighted by atomic mass is 32.1. The van der Waals surface area contributed by atoms with Crippen LogP contribution >= 0.6 is 12.6 Å². The molecule has 2 aromatic carbocycles. The summed E-state index contributed by atoms with van der Waals surface area (Å²) in [5.41, 5.74) is 2.68. The molecule has 0 spiro atoms. The number of aryl methyl sites for hydroxylation is 1. The van der Waals surface area contributed by atoms with Crippen molar-refractivity contribution in [1.82, 2.24) is 0 Å². The van der Waals surface area contributed by atoms with Gasteiger partial charge in [-0.2, -0.15) is 0 Å². The van der Waals surface area contributed by atoms with Gasteiger partial charge in [-0.15, -0.1) is 12.6 Å². The largest absolute Gasteiger partial charge is 0.363 e. The van der Waals surface area contributed by atoms with Crippen molar-refractivity contribution < 1.29 is 4.74 Å². The number of hydrogen-bond donors (Lipinski definition) is 1. The van der Waals surface area contributed by atoms with Crippen molar-refractivity contribution in [2.45, 2.75) is 78.8 Å². The number of thiol groups is 1. The maximum atomic E-state index is 5.88. The summed E-state index contributed by atoms with van der Waals surface area (Å²) >= 11 is 4.62.